The summed E-state index contributed by atoms with van der Waals surface area (Å²) in [5.41, 5.74) is 2.97. The SMILES string of the molecule is CCOc1ccc([C@H]2/C(=C(\O)c3ccc(OCc4ccccc4)c(C)c3)C(=O)C(=O)N2CCCN2CCOCC2)cc1OC. The summed E-state index contributed by atoms with van der Waals surface area (Å²) in [7, 11) is 1.55. The number of carbonyl (C=O) groups is 2. The molecule has 3 aromatic carbocycles. The lowest BCUT2D eigenvalue weighted by Crippen LogP contribution is -2.39. The van der Waals surface area contributed by atoms with Gasteiger partial charge in [-0.3, -0.25) is 14.5 Å². The molecule has 9 heteroatoms. The largest absolute Gasteiger partial charge is 0.507 e. The molecule has 3 aromatic rings. The zero-order valence-corrected chi connectivity index (χ0v) is 25.6. The number of ketones is 1. The van der Waals surface area contributed by atoms with Gasteiger partial charge < -0.3 is 29.0 Å². The molecule has 1 N–H and O–H groups in total. The Morgan fingerprint density at radius 2 is 1.68 bits per heavy atom. The van der Waals surface area contributed by atoms with Crippen LogP contribution in [0.3, 0.4) is 0 Å². The zero-order chi connectivity index (χ0) is 31.1. The molecule has 0 radical (unpaired) electrons. The number of nitrogens with zero attached hydrogens (tertiary/aromatic N) is 2. The molecule has 232 valence electrons. The zero-order valence-electron chi connectivity index (χ0n) is 25.6. The number of benzene rings is 3. The third-order valence-corrected chi connectivity index (χ3v) is 8.01. The summed E-state index contributed by atoms with van der Waals surface area (Å²) >= 11 is 0. The maximum atomic E-state index is 13.6. The Morgan fingerprint density at radius 3 is 2.39 bits per heavy atom. The number of hydrogen-bond acceptors (Lipinski definition) is 8. The van der Waals surface area contributed by atoms with E-state index in [1.54, 1.807) is 42.3 Å². The number of carbonyl (C=O) groups excluding carboxylic acids is 2. The van der Waals surface area contributed by atoms with Gasteiger partial charge in [-0.1, -0.05) is 36.4 Å². The van der Waals surface area contributed by atoms with Gasteiger partial charge in [0.25, 0.3) is 11.7 Å². The molecule has 0 saturated carbocycles. The number of amides is 1. The molecule has 0 spiro atoms. The summed E-state index contributed by atoms with van der Waals surface area (Å²) in [5, 5.41) is 11.6. The fourth-order valence-electron chi connectivity index (χ4n) is 5.73. The number of aliphatic hydroxyl groups is 1. The van der Waals surface area contributed by atoms with Gasteiger partial charge in [0.05, 0.1) is 38.5 Å². The quantitative estimate of drug-likeness (QED) is 0.174. The van der Waals surface area contributed by atoms with Crippen LogP contribution in [0, 0.1) is 6.92 Å². The first-order valence-electron chi connectivity index (χ1n) is 15.1. The predicted octanol–water partition coefficient (Wildman–Crippen LogP) is 5.13. The van der Waals surface area contributed by atoms with Crippen molar-refractivity contribution in [2.45, 2.75) is 32.9 Å². The molecule has 0 aromatic heterocycles. The topological polar surface area (TPSA) is 97.8 Å². The van der Waals surface area contributed by atoms with Crippen molar-refractivity contribution >= 4 is 17.4 Å². The highest BCUT2D eigenvalue weighted by Gasteiger charge is 2.46. The van der Waals surface area contributed by atoms with Crippen LogP contribution in [0.4, 0.5) is 0 Å². The minimum Gasteiger partial charge on any atom is -0.507 e. The third kappa shape index (κ3) is 6.90. The molecule has 5 rings (SSSR count). The molecule has 2 aliphatic heterocycles. The molecule has 0 aliphatic carbocycles. The number of morpholine rings is 1. The highest BCUT2D eigenvalue weighted by Crippen LogP contribution is 2.42. The van der Waals surface area contributed by atoms with E-state index in [0.29, 0.717) is 67.8 Å². The second-order valence-corrected chi connectivity index (χ2v) is 10.9. The van der Waals surface area contributed by atoms with Crippen molar-refractivity contribution in [1.29, 1.82) is 0 Å². The van der Waals surface area contributed by atoms with Crippen molar-refractivity contribution < 1.29 is 33.6 Å². The first kappa shape index (κ1) is 31.1. The summed E-state index contributed by atoms with van der Waals surface area (Å²) in [6.45, 7) is 8.80. The third-order valence-electron chi connectivity index (χ3n) is 8.01. The van der Waals surface area contributed by atoms with Crippen molar-refractivity contribution in [3.63, 3.8) is 0 Å². The molecule has 1 atom stereocenters. The number of ether oxygens (including phenoxy) is 4. The van der Waals surface area contributed by atoms with Crippen LogP contribution in [-0.4, -0.2) is 79.7 Å². The lowest BCUT2D eigenvalue weighted by Gasteiger charge is -2.29. The second kappa shape index (κ2) is 14.4. The average molecular weight is 601 g/mol. The fourth-order valence-corrected chi connectivity index (χ4v) is 5.73. The van der Waals surface area contributed by atoms with Crippen molar-refractivity contribution in [3.8, 4) is 17.2 Å². The van der Waals surface area contributed by atoms with Gasteiger partial charge in [0, 0.05) is 31.7 Å². The smallest absolute Gasteiger partial charge is 0.295 e. The Labute approximate surface area is 258 Å². The van der Waals surface area contributed by atoms with E-state index in [1.807, 2.05) is 50.2 Å². The van der Waals surface area contributed by atoms with Gasteiger partial charge in [0.15, 0.2) is 11.5 Å². The first-order valence-corrected chi connectivity index (χ1v) is 15.1. The summed E-state index contributed by atoms with van der Waals surface area (Å²) in [6.07, 6.45) is 0.671. The predicted molar refractivity (Wildman–Crippen MR) is 167 cm³/mol. The molecular weight excluding hydrogens is 560 g/mol. The molecule has 0 bridgehead atoms. The number of rotatable bonds is 12. The van der Waals surface area contributed by atoms with Gasteiger partial charge in [0.2, 0.25) is 0 Å². The number of likely N-dealkylation sites (tertiary alicyclic amines) is 1. The fraction of sp³-hybridized carbons (Fsp3) is 0.371. The van der Waals surface area contributed by atoms with Gasteiger partial charge in [-0.25, -0.2) is 0 Å². The summed E-state index contributed by atoms with van der Waals surface area (Å²) in [6, 6.07) is 19.7. The van der Waals surface area contributed by atoms with Crippen LogP contribution in [0.2, 0.25) is 0 Å². The molecule has 44 heavy (non-hydrogen) atoms. The van der Waals surface area contributed by atoms with Gasteiger partial charge >= 0.3 is 0 Å². The van der Waals surface area contributed by atoms with E-state index in [0.717, 1.165) is 30.8 Å². The minimum absolute atomic E-state index is 0.0462. The molecule has 2 saturated heterocycles. The van der Waals surface area contributed by atoms with E-state index < -0.39 is 17.7 Å². The van der Waals surface area contributed by atoms with E-state index in [4.69, 9.17) is 18.9 Å². The van der Waals surface area contributed by atoms with Crippen molar-refractivity contribution in [2.24, 2.45) is 0 Å². The molecule has 2 aliphatic rings. The maximum Gasteiger partial charge on any atom is 0.295 e. The normalized spacial score (nSPS) is 18.4. The molecule has 0 unspecified atom stereocenters. The highest BCUT2D eigenvalue weighted by molar-refractivity contribution is 6.46. The Bertz CT molecular complexity index is 1500. The Balaban J connectivity index is 1.47. The molecule has 1 amide bonds. The van der Waals surface area contributed by atoms with E-state index in [-0.39, 0.29) is 11.3 Å². The first-order chi connectivity index (χ1) is 21.4. The molecule has 2 fully saturated rings. The average Bonchev–Trinajstić information content (AvgIpc) is 3.30. The summed E-state index contributed by atoms with van der Waals surface area (Å²) < 4.78 is 22.8. The Hall–Kier alpha value is -4.34. The van der Waals surface area contributed by atoms with Crippen LogP contribution >= 0.6 is 0 Å². The monoisotopic (exact) mass is 600 g/mol. The number of aryl methyl sites for hydroxylation is 1. The van der Waals surface area contributed by atoms with E-state index in [1.165, 1.54) is 0 Å². The van der Waals surface area contributed by atoms with Crippen LogP contribution in [0.5, 0.6) is 17.2 Å². The van der Waals surface area contributed by atoms with Crippen LogP contribution in [0.25, 0.3) is 5.76 Å². The number of hydrogen-bond donors (Lipinski definition) is 1. The van der Waals surface area contributed by atoms with Gasteiger partial charge in [-0.2, -0.15) is 0 Å². The molecular formula is C35H40N2O7. The minimum atomic E-state index is -0.793. The van der Waals surface area contributed by atoms with Crippen molar-refractivity contribution in [1.82, 2.24) is 9.80 Å². The molecule has 9 nitrogen and oxygen atoms in total. The number of methoxy groups -OCH3 is 1. The summed E-state index contributed by atoms with van der Waals surface area (Å²) in [5.74, 6) is 0.139. The maximum absolute atomic E-state index is 13.6. The van der Waals surface area contributed by atoms with E-state index in [9.17, 15) is 14.7 Å². The van der Waals surface area contributed by atoms with Crippen LogP contribution in [-0.2, 0) is 20.9 Å². The second-order valence-electron chi connectivity index (χ2n) is 10.9. The van der Waals surface area contributed by atoms with Crippen LogP contribution < -0.4 is 14.2 Å². The lowest BCUT2D eigenvalue weighted by molar-refractivity contribution is -0.140. The van der Waals surface area contributed by atoms with Gasteiger partial charge in [-0.05, 0) is 67.3 Å². The highest BCUT2D eigenvalue weighted by atomic mass is 16.5. The molecule has 2 heterocycles. The van der Waals surface area contributed by atoms with Crippen molar-refractivity contribution in [3.05, 3.63) is 94.6 Å². The van der Waals surface area contributed by atoms with Gasteiger partial charge in [-0.15, -0.1) is 0 Å². The van der Waals surface area contributed by atoms with Crippen LogP contribution in [0.15, 0.2) is 72.3 Å². The van der Waals surface area contributed by atoms with E-state index >= 15 is 0 Å². The number of aliphatic hydroxyl groups excluding tert-OH is 1. The van der Waals surface area contributed by atoms with E-state index in [2.05, 4.69) is 4.90 Å². The van der Waals surface area contributed by atoms with Crippen LogP contribution in [0.1, 0.15) is 41.6 Å². The lowest BCUT2D eigenvalue weighted by atomic mass is 9.94. The number of Topliss-reactive ketones (excluding diaryl/α,β-unsaturated/α-hetero) is 1. The standard InChI is InChI=1S/C35H40N2O7/c1-4-43-29-14-11-26(22-30(29)41-3)32-31(34(39)35(40)37(32)16-8-15-36-17-19-42-20-18-36)33(38)27-12-13-28(24(2)21-27)44-23-25-9-6-5-7-10-25/h5-7,9-14,21-22,32,38H,4,8,15-20,23H2,1-3H3/b33-31+/t32-/m0/s1. The van der Waals surface area contributed by atoms with Gasteiger partial charge in [0.1, 0.15) is 18.1 Å². The summed E-state index contributed by atoms with van der Waals surface area (Å²) in [4.78, 5) is 31.0. The Kier molecular flexibility index (Phi) is 10.2. The Morgan fingerprint density at radius 1 is 0.932 bits per heavy atom. The van der Waals surface area contributed by atoms with Crippen molar-refractivity contribution in [2.75, 3.05) is 53.1 Å².